The second-order valence-electron chi connectivity index (χ2n) is 4.44. The van der Waals surface area contributed by atoms with Crippen LogP contribution in [0.4, 0.5) is 0 Å². The molecule has 1 fully saturated rings. The monoisotopic (exact) mass is 199 g/mol. The lowest BCUT2D eigenvalue weighted by Crippen LogP contribution is -2.24. The van der Waals surface area contributed by atoms with E-state index in [1.165, 1.54) is 32.1 Å². The van der Waals surface area contributed by atoms with E-state index in [-0.39, 0.29) is 12.5 Å². The smallest absolute Gasteiger partial charge is 0.304 e. The second kappa shape index (κ2) is 6.02. The van der Waals surface area contributed by atoms with Gasteiger partial charge in [0.25, 0.3) is 0 Å². The number of rotatable bonds is 5. The van der Waals surface area contributed by atoms with Gasteiger partial charge in [-0.1, -0.05) is 32.1 Å². The zero-order valence-corrected chi connectivity index (χ0v) is 8.74. The second-order valence-corrected chi connectivity index (χ2v) is 4.44. The highest BCUT2D eigenvalue weighted by atomic mass is 16.4. The van der Waals surface area contributed by atoms with Crippen molar-refractivity contribution in [2.75, 3.05) is 0 Å². The molecule has 1 unspecified atom stereocenters. The van der Waals surface area contributed by atoms with Gasteiger partial charge in [0.15, 0.2) is 0 Å². The maximum absolute atomic E-state index is 10.4. The molecule has 3 N–H and O–H groups in total. The Morgan fingerprint density at radius 2 is 2.00 bits per heavy atom. The van der Waals surface area contributed by atoms with Crippen molar-refractivity contribution in [2.24, 2.45) is 11.7 Å². The molecule has 3 nitrogen and oxygen atoms in total. The summed E-state index contributed by atoms with van der Waals surface area (Å²) in [6.45, 7) is 0. The average molecular weight is 199 g/mol. The van der Waals surface area contributed by atoms with Gasteiger partial charge in [-0.3, -0.25) is 4.79 Å². The molecule has 0 aromatic rings. The summed E-state index contributed by atoms with van der Waals surface area (Å²) in [4.78, 5) is 10.4. The lowest BCUT2D eigenvalue weighted by atomic mass is 9.85. The third-order valence-corrected chi connectivity index (χ3v) is 3.11. The molecule has 3 heteroatoms. The van der Waals surface area contributed by atoms with Gasteiger partial charge < -0.3 is 10.8 Å². The van der Waals surface area contributed by atoms with E-state index in [2.05, 4.69) is 0 Å². The van der Waals surface area contributed by atoms with Gasteiger partial charge in [-0.15, -0.1) is 0 Å². The van der Waals surface area contributed by atoms with Gasteiger partial charge in [-0.25, -0.2) is 0 Å². The fourth-order valence-corrected chi connectivity index (χ4v) is 2.25. The summed E-state index contributed by atoms with van der Waals surface area (Å²) in [5.74, 6) is 0.0322. The number of carbonyl (C=O) groups is 1. The molecular weight excluding hydrogens is 178 g/mol. The normalized spacial score (nSPS) is 20.6. The Bertz CT molecular complexity index is 176. The standard InChI is InChI=1S/C11H21NO2/c12-10(8-11(13)14)7-6-9-4-2-1-3-5-9/h9-10H,1-8,12H2,(H,13,14). The van der Waals surface area contributed by atoms with Gasteiger partial charge in [-0.05, 0) is 18.8 Å². The van der Waals surface area contributed by atoms with Crippen molar-refractivity contribution in [3.05, 3.63) is 0 Å². The Balaban J connectivity index is 2.09. The summed E-state index contributed by atoms with van der Waals surface area (Å²) in [7, 11) is 0. The van der Waals surface area contributed by atoms with Crippen molar-refractivity contribution in [1.29, 1.82) is 0 Å². The van der Waals surface area contributed by atoms with Crippen LogP contribution in [-0.2, 0) is 4.79 Å². The number of carboxylic acid groups (broad SMARTS) is 1. The van der Waals surface area contributed by atoms with Crippen molar-refractivity contribution in [3.8, 4) is 0 Å². The Hall–Kier alpha value is -0.570. The number of hydrogen-bond acceptors (Lipinski definition) is 2. The predicted molar refractivity (Wildman–Crippen MR) is 56.0 cm³/mol. The van der Waals surface area contributed by atoms with E-state index in [9.17, 15) is 4.79 Å². The minimum atomic E-state index is -0.777. The van der Waals surface area contributed by atoms with Crippen LogP contribution in [0.15, 0.2) is 0 Å². The van der Waals surface area contributed by atoms with E-state index in [4.69, 9.17) is 10.8 Å². The first-order chi connectivity index (χ1) is 6.68. The molecular formula is C11H21NO2. The van der Waals surface area contributed by atoms with Gasteiger partial charge in [0.2, 0.25) is 0 Å². The van der Waals surface area contributed by atoms with E-state index in [0.717, 1.165) is 18.8 Å². The van der Waals surface area contributed by atoms with Crippen LogP contribution in [0.25, 0.3) is 0 Å². The zero-order chi connectivity index (χ0) is 10.4. The SMILES string of the molecule is NC(CCC1CCCCC1)CC(=O)O. The van der Waals surface area contributed by atoms with Crippen molar-refractivity contribution < 1.29 is 9.90 Å². The predicted octanol–water partition coefficient (Wildman–Crippen LogP) is 2.15. The molecule has 0 amide bonds. The third-order valence-electron chi connectivity index (χ3n) is 3.11. The Labute approximate surface area is 85.7 Å². The summed E-state index contributed by atoms with van der Waals surface area (Å²) in [6, 6.07) is -0.144. The van der Waals surface area contributed by atoms with Crippen LogP contribution in [0, 0.1) is 5.92 Å². The molecule has 1 aliphatic carbocycles. The Kier molecular flexibility index (Phi) is 4.94. The Morgan fingerprint density at radius 3 is 2.57 bits per heavy atom. The van der Waals surface area contributed by atoms with Crippen LogP contribution in [-0.4, -0.2) is 17.1 Å². The van der Waals surface area contributed by atoms with Crippen molar-refractivity contribution in [1.82, 2.24) is 0 Å². The summed E-state index contributed by atoms with van der Waals surface area (Å²) in [5, 5.41) is 8.54. The van der Waals surface area contributed by atoms with Gasteiger partial charge in [-0.2, -0.15) is 0 Å². The molecule has 0 radical (unpaired) electrons. The molecule has 1 aliphatic rings. The van der Waals surface area contributed by atoms with Gasteiger partial charge in [0.05, 0.1) is 6.42 Å². The highest BCUT2D eigenvalue weighted by Gasteiger charge is 2.15. The lowest BCUT2D eigenvalue weighted by molar-refractivity contribution is -0.137. The molecule has 0 heterocycles. The van der Waals surface area contributed by atoms with Crippen LogP contribution in [0.2, 0.25) is 0 Å². The summed E-state index contributed by atoms with van der Waals surface area (Å²) in [5.41, 5.74) is 5.71. The van der Waals surface area contributed by atoms with Gasteiger partial charge in [0.1, 0.15) is 0 Å². The van der Waals surface area contributed by atoms with Crippen LogP contribution in [0.1, 0.15) is 51.4 Å². The topological polar surface area (TPSA) is 63.3 Å². The van der Waals surface area contributed by atoms with Gasteiger partial charge in [0, 0.05) is 6.04 Å². The molecule has 0 aromatic carbocycles. The molecule has 0 spiro atoms. The van der Waals surface area contributed by atoms with Crippen LogP contribution >= 0.6 is 0 Å². The average Bonchev–Trinajstić information content (AvgIpc) is 2.15. The number of carboxylic acids is 1. The highest BCUT2D eigenvalue weighted by molar-refractivity contribution is 5.67. The fraction of sp³-hybridized carbons (Fsp3) is 0.909. The molecule has 82 valence electrons. The molecule has 1 rings (SSSR count). The minimum Gasteiger partial charge on any atom is -0.481 e. The van der Waals surface area contributed by atoms with E-state index in [0.29, 0.717) is 0 Å². The summed E-state index contributed by atoms with van der Waals surface area (Å²) < 4.78 is 0. The minimum absolute atomic E-state index is 0.118. The zero-order valence-electron chi connectivity index (χ0n) is 8.74. The van der Waals surface area contributed by atoms with E-state index in [1.807, 2.05) is 0 Å². The Morgan fingerprint density at radius 1 is 1.36 bits per heavy atom. The molecule has 1 saturated carbocycles. The van der Waals surface area contributed by atoms with Crippen LogP contribution in [0.5, 0.6) is 0 Å². The first-order valence-electron chi connectivity index (χ1n) is 5.66. The summed E-state index contributed by atoms with van der Waals surface area (Å²) >= 11 is 0. The van der Waals surface area contributed by atoms with Crippen molar-refractivity contribution >= 4 is 5.97 Å². The quantitative estimate of drug-likeness (QED) is 0.713. The molecule has 0 saturated heterocycles. The van der Waals surface area contributed by atoms with Crippen LogP contribution < -0.4 is 5.73 Å². The number of nitrogens with two attached hydrogens (primary N) is 1. The van der Waals surface area contributed by atoms with Gasteiger partial charge >= 0.3 is 5.97 Å². The largest absolute Gasteiger partial charge is 0.481 e. The fourth-order valence-electron chi connectivity index (χ4n) is 2.25. The first kappa shape index (κ1) is 11.5. The molecule has 0 aromatic heterocycles. The number of aliphatic carboxylic acids is 1. The van der Waals surface area contributed by atoms with E-state index >= 15 is 0 Å². The number of hydrogen-bond donors (Lipinski definition) is 2. The van der Waals surface area contributed by atoms with Crippen molar-refractivity contribution in [2.45, 2.75) is 57.4 Å². The molecule has 1 atom stereocenters. The maximum Gasteiger partial charge on any atom is 0.304 e. The third kappa shape index (κ3) is 4.61. The maximum atomic E-state index is 10.4. The molecule has 0 bridgehead atoms. The van der Waals surface area contributed by atoms with Crippen LogP contribution in [0.3, 0.4) is 0 Å². The molecule has 14 heavy (non-hydrogen) atoms. The lowest BCUT2D eigenvalue weighted by Gasteiger charge is -2.22. The summed E-state index contributed by atoms with van der Waals surface area (Å²) in [6.07, 6.45) is 8.81. The molecule has 0 aliphatic heterocycles. The van der Waals surface area contributed by atoms with E-state index < -0.39 is 5.97 Å². The van der Waals surface area contributed by atoms with Crippen molar-refractivity contribution in [3.63, 3.8) is 0 Å². The first-order valence-corrected chi connectivity index (χ1v) is 5.66. The highest BCUT2D eigenvalue weighted by Crippen LogP contribution is 2.27. The van der Waals surface area contributed by atoms with E-state index in [1.54, 1.807) is 0 Å².